The summed E-state index contributed by atoms with van der Waals surface area (Å²) in [5.74, 6) is 0.485. The highest BCUT2D eigenvalue weighted by Crippen LogP contribution is 2.38. The molecule has 0 saturated carbocycles. The average Bonchev–Trinajstić information content (AvgIpc) is 2.63. The van der Waals surface area contributed by atoms with Crippen LogP contribution in [0.4, 0.5) is 0 Å². The molecule has 0 aliphatic carbocycles. The molecule has 0 aromatic heterocycles. The van der Waals surface area contributed by atoms with Gasteiger partial charge in [-0.05, 0) is 37.1 Å². The number of esters is 1. The lowest BCUT2D eigenvalue weighted by Crippen LogP contribution is -2.35. The van der Waals surface area contributed by atoms with Crippen molar-refractivity contribution < 1.29 is 28.5 Å². The van der Waals surface area contributed by atoms with Crippen LogP contribution >= 0.6 is 0 Å². The number of methoxy groups -OCH3 is 3. The van der Waals surface area contributed by atoms with Crippen LogP contribution in [0.2, 0.25) is 0 Å². The van der Waals surface area contributed by atoms with Crippen LogP contribution in [0.1, 0.15) is 32.3 Å². The Kier molecular flexibility index (Phi) is 9.05. The molecule has 7 heteroatoms. The van der Waals surface area contributed by atoms with Gasteiger partial charge in [0.25, 0.3) is 5.91 Å². The summed E-state index contributed by atoms with van der Waals surface area (Å²) in [5.41, 5.74) is 0.664. The summed E-state index contributed by atoms with van der Waals surface area (Å²) >= 11 is 0. The molecule has 1 atom stereocenters. The lowest BCUT2D eigenvalue weighted by molar-refractivity contribution is -0.144. The zero-order valence-electron chi connectivity index (χ0n) is 16.0. The van der Waals surface area contributed by atoms with Crippen LogP contribution in [0.25, 0.3) is 6.08 Å². The maximum Gasteiger partial charge on any atom is 0.331 e. The molecule has 1 rings (SSSR count). The monoisotopic (exact) mass is 365 g/mol. The first-order chi connectivity index (χ1) is 12.4. The number of carbonyl (C=O) groups is 2. The first-order valence-corrected chi connectivity index (χ1v) is 8.39. The zero-order valence-corrected chi connectivity index (χ0v) is 16.0. The Balaban J connectivity index is 2.66. The maximum atomic E-state index is 11.8. The van der Waals surface area contributed by atoms with Gasteiger partial charge in [0.2, 0.25) is 5.75 Å². The second-order valence-electron chi connectivity index (χ2n) is 5.66. The smallest absolute Gasteiger partial charge is 0.331 e. The molecule has 0 radical (unpaired) electrons. The van der Waals surface area contributed by atoms with Crippen molar-refractivity contribution in [3.8, 4) is 17.2 Å². The summed E-state index contributed by atoms with van der Waals surface area (Å²) in [7, 11) is 4.54. The van der Waals surface area contributed by atoms with Crippen LogP contribution in [-0.2, 0) is 14.3 Å². The molecule has 0 aliphatic heterocycles. The summed E-state index contributed by atoms with van der Waals surface area (Å²) in [6.45, 7) is 3.64. The highest BCUT2D eigenvalue weighted by Gasteiger charge is 2.12. The predicted octanol–water partition coefficient (Wildman–Crippen LogP) is 2.57. The molecule has 0 heterocycles. The molecule has 1 N–H and O–H groups in total. The fraction of sp³-hybridized carbons (Fsp3) is 0.474. The van der Waals surface area contributed by atoms with Crippen molar-refractivity contribution in [2.45, 2.75) is 32.7 Å². The van der Waals surface area contributed by atoms with E-state index in [-0.39, 0.29) is 18.6 Å². The molecule has 0 unspecified atom stereocenters. The fourth-order valence-corrected chi connectivity index (χ4v) is 2.37. The topological polar surface area (TPSA) is 83.1 Å². The van der Waals surface area contributed by atoms with Gasteiger partial charge in [-0.25, -0.2) is 4.79 Å². The van der Waals surface area contributed by atoms with Crippen molar-refractivity contribution in [2.24, 2.45) is 0 Å². The second-order valence-corrected chi connectivity index (χ2v) is 5.66. The van der Waals surface area contributed by atoms with Gasteiger partial charge in [0.15, 0.2) is 18.1 Å². The number of amides is 1. The Morgan fingerprint density at radius 1 is 1.12 bits per heavy atom. The number of carbonyl (C=O) groups excluding carboxylic acids is 2. The van der Waals surface area contributed by atoms with Gasteiger partial charge in [0, 0.05) is 12.1 Å². The third-order valence-electron chi connectivity index (χ3n) is 3.57. The third kappa shape index (κ3) is 6.66. The molecule has 1 amide bonds. The van der Waals surface area contributed by atoms with Crippen molar-refractivity contribution in [3.05, 3.63) is 23.8 Å². The minimum atomic E-state index is -0.614. The second kappa shape index (κ2) is 11.0. The van der Waals surface area contributed by atoms with Crippen molar-refractivity contribution >= 4 is 18.0 Å². The van der Waals surface area contributed by atoms with E-state index in [1.165, 1.54) is 27.4 Å². The quantitative estimate of drug-likeness (QED) is 0.507. The van der Waals surface area contributed by atoms with Gasteiger partial charge in [0.1, 0.15) is 0 Å². The largest absolute Gasteiger partial charge is 0.493 e. The van der Waals surface area contributed by atoms with Crippen molar-refractivity contribution in [3.63, 3.8) is 0 Å². The summed E-state index contributed by atoms with van der Waals surface area (Å²) in [6.07, 6.45) is 4.63. The molecule has 1 aromatic rings. The molecule has 0 fully saturated rings. The highest BCUT2D eigenvalue weighted by molar-refractivity contribution is 5.89. The molecule has 7 nitrogen and oxygen atoms in total. The molecule has 0 spiro atoms. The van der Waals surface area contributed by atoms with Gasteiger partial charge >= 0.3 is 5.97 Å². The Hall–Kier alpha value is -2.70. The summed E-state index contributed by atoms with van der Waals surface area (Å²) in [6, 6.07) is 3.45. The van der Waals surface area contributed by atoms with Crippen LogP contribution < -0.4 is 19.5 Å². The molecule has 144 valence electrons. The zero-order chi connectivity index (χ0) is 19.5. The molecule has 0 bridgehead atoms. The number of hydrogen-bond acceptors (Lipinski definition) is 6. The SMILES string of the molecule is CCC[C@H](C)NC(=O)COC(=O)/C=C/c1cc(OC)c(OC)c(OC)c1. The van der Waals surface area contributed by atoms with Gasteiger partial charge in [-0.2, -0.15) is 0 Å². The van der Waals surface area contributed by atoms with Gasteiger partial charge in [-0.1, -0.05) is 13.3 Å². The van der Waals surface area contributed by atoms with E-state index in [0.29, 0.717) is 22.8 Å². The molecule has 26 heavy (non-hydrogen) atoms. The first kappa shape index (κ1) is 21.3. The Bertz CT molecular complexity index is 616. The van der Waals surface area contributed by atoms with Gasteiger partial charge in [-0.3, -0.25) is 4.79 Å². The summed E-state index contributed by atoms with van der Waals surface area (Å²) in [5, 5.41) is 2.77. The lowest BCUT2D eigenvalue weighted by Gasteiger charge is -2.13. The molecule has 0 aliphatic rings. The Morgan fingerprint density at radius 3 is 2.23 bits per heavy atom. The van der Waals surface area contributed by atoms with E-state index in [9.17, 15) is 9.59 Å². The van der Waals surface area contributed by atoms with E-state index in [2.05, 4.69) is 5.32 Å². The Morgan fingerprint density at radius 2 is 1.73 bits per heavy atom. The van der Waals surface area contributed by atoms with E-state index in [1.807, 2.05) is 13.8 Å². The molecule has 1 aromatic carbocycles. The van der Waals surface area contributed by atoms with Gasteiger partial charge in [0.05, 0.1) is 21.3 Å². The lowest BCUT2D eigenvalue weighted by atomic mass is 10.1. The van der Waals surface area contributed by atoms with Crippen LogP contribution in [0.15, 0.2) is 18.2 Å². The van der Waals surface area contributed by atoms with Crippen LogP contribution in [0.5, 0.6) is 17.2 Å². The standard InChI is InChI=1S/C19H27NO6/c1-6-7-13(2)20-17(21)12-26-18(22)9-8-14-10-15(23-3)19(25-5)16(11-14)24-4/h8-11,13H,6-7,12H2,1-5H3,(H,20,21)/b9-8+/t13-/m0/s1. The van der Waals surface area contributed by atoms with E-state index in [4.69, 9.17) is 18.9 Å². The highest BCUT2D eigenvalue weighted by atomic mass is 16.5. The minimum Gasteiger partial charge on any atom is -0.493 e. The fourth-order valence-electron chi connectivity index (χ4n) is 2.37. The van der Waals surface area contributed by atoms with Gasteiger partial charge < -0.3 is 24.3 Å². The normalized spacial score (nSPS) is 11.7. The average molecular weight is 365 g/mol. The van der Waals surface area contributed by atoms with Gasteiger partial charge in [-0.15, -0.1) is 0 Å². The van der Waals surface area contributed by atoms with Crippen LogP contribution in [0, 0.1) is 0 Å². The molecule has 0 saturated heterocycles. The number of nitrogens with one attached hydrogen (secondary N) is 1. The Labute approximate surface area is 154 Å². The van der Waals surface area contributed by atoms with Crippen molar-refractivity contribution in [1.82, 2.24) is 5.32 Å². The van der Waals surface area contributed by atoms with Crippen LogP contribution in [-0.4, -0.2) is 45.9 Å². The van der Waals surface area contributed by atoms with E-state index >= 15 is 0 Å². The number of hydrogen-bond donors (Lipinski definition) is 1. The first-order valence-electron chi connectivity index (χ1n) is 8.39. The number of benzene rings is 1. The van der Waals surface area contributed by atoms with Crippen molar-refractivity contribution in [2.75, 3.05) is 27.9 Å². The van der Waals surface area contributed by atoms with Crippen LogP contribution in [0.3, 0.4) is 0 Å². The van der Waals surface area contributed by atoms with E-state index < -0.39 is 5.97 Å². The van der Waals surface area contributed by atoms with E-state index in [0.717, 1.165) is 12.8 Å². The van der Waals surface area contributed by atoms with E-state index in [1.54, 1.807) is 18.2 Å². The predicted molar refractivity (Wildman–Crippen MR) is 98.6 cm³/mol. The summed E-state index contributed by atoms with van der Waals surface area (Å²) < 4.78 is 20.7. The number of rotatable bonds is 10. The van der Waals surface area contributed by atoms with Crippen molar-refractivity contribution in [1.29, 1.82) is 0 Å². The molecular weight excluding hydrogens is 338 g/mol. The number of ether oxygens (including phenoxy) is 4. The summed E-state index contributed by atoms with van der Waals surface area (Å²) in [4.78, 5) is 23.5. The molecular formula is C19H27NO6. The maximum absolute atomic E-state index is 11.8. The third-order valence-corrected chi connectivity index (χ3v) is 3.57. The minimum absolute atomic E-state index is 0.0565.